The van der Waals surface area contributed by atoms with Gasteiger partial charge in [0.2, 0.25) is 0 Å². The Morgan fingerprint density at radius 3 is 2.75 bits per heavy atom. The predicted molar refractivity (Wildman–Crippen MR) is 107 cm³/mol. The van der Waals surface area contributed by atoms with Crippen molar-refractivity contribution < 1.29 is 14.0 Å². The summed E-state index contributed by atoms with van der Waals surface area (Å²) in [6.45, 7) is 4.06. The van der Waals surface area contributed by atoms with Gasteiger partial charge in [-0.15, -0.1) is 0 Å². The Kier molecular flexibility index (Phi) is 6.63. The van der Waals surface area contributed by atoms with Crippen LogP contribution in [-0.4, -0.2) is 36.5 Å². The molecule has 2 aromatic rings. The third kappa shape index (κ3) is 4.88. The molecule has 0 bridgehead atoms. The van der Waals surface area contributed by atoms with Crippen LogP contribution in [0.15, 0.2) is 48.5 Å². The van der Waals surface area contributed by atoms with Crippen molar-refractivity contribution in [1.82, 2.24) is 15.5 Å². The molecule has 1 atom stereocenters. The number of likely N-dealkylation sites (tertiary alicyclic amines) is 1. The molecule has 1 unspecified atom stereocenters. The van der Waals surface area contributed by atoms with Crippen LogP contribution in [-0.2, 0) is 6.54 Å². The monoisotopic (exact) mass is 383 g/mol. The van der Waals surface area contributed by atoms with Crippen molar-refractivity contribution in [1.29, 1.82) is 0 Å². The fraction of sp³-hybridized carbons (Fsp3) is 0.364. The number of carbonyl (C=O) groups excluding carboxylic acids is 2. The minimum absolute atomic E-state index is 0.0361. The quantitative estimate of drug-likeness (QED) is 0.828. The fourth-order valence-corrected chi connectivity index (χ4v) is 3.55. The summed E-state index contributed by atoms with van der Waals surface area (Å²) in [5.41, 5.74) is 2.05. The number of rotatable bonds is 5. The molecule has 0 aliphatic carbocycles. The Hall–Kier alpha value is -2.89. The van der Waals surface area contributed by atoms with Crippen LogP contribution in [0.1, 0.15) is 47.2 Å². The molecule has 148 valence electrons. The number of halogens is 1. The molecule has 6 heteroatoms. The molecule has 0 saturated carbocycles. The zero-order chi connectivity index (χ0) is 19.9. The molecular weight excluding hydrogens is 357 g/mol. The number of hydrogen-bond acceptors (Lipinski definition) is 2. The highest BCUT2D eigenvalue weighted by atomic mass is 19.1. The van der Waals surface area contributed by atoms with Gasteiger partial charge in [-0.3, -0.25) is 4.79 Å². The van der Waals surface area contributed by atoms with Gasteiger partial charge in [0.1, 0.15) is 5.82 Å². The molecule has 0 spiro atoms. The third-order valence-corrected chi connectivity index (χ3v) is 5.05. The molecule has 28 heavy (non-hydrogen) atoms. The molecule has 1 heterocycles. The first-order chi connectivity index (χ1) is 13.6. The summed E-state index contributed by atoms with van der Waals surface area (Å²) >= 11 is 0. The molecule has 0 aromatic heterocycles. The van der Waals surface area contributed by atoms with Gasteiger partial charge in [-0.1, -0.05) is 30.3 Å². The number of carbonyl (C=O) groups is 2. The smallest absolute Gasteiger partial charge is 0.317 e. The first kappa shape index (κ1) is 19.9. The molecule has 1 fully saturated rings. The van der Waals surface area contributed by atoms with Crippen molar-refractivity contribution >= 4 is 11.9 Å². The van der Waals surface area contributed by atoms with Gasteiger partial charge in [-0.2, -0.15) is 0 Å². The number of piperidine rings is 1. The standard InChI is InChI=1S/C22H26FN3O2/c1-2-24-22(28)26-12-6-10-19(15-26)16-8-5-9-17(13-16)21(27)25-14-18-7-3-4-11-20(18)23/h3-5,7-9,11,13,19H,2,6,10,12,14-15H2,1H3,(H,24,28)(H,25,27). The first-order valence-corrected chi connectivity index (χ1v) is 9.72. The van der Waals surface area contributed by atoms with E-state index in [0.29, 0.717) is 24.2 Å². The summed E-state index contributed by atoms with van der Waals surface area (Å²) < 4.78 is 13.7. The molecule has 1 aliphatic heterocycles. The fourth-order valence-electron chi connectivity index (χ4n) is 3.55. The van der Waals surface area contributed by atoms with Crippen molar-refractivity contribution in [2.75, 3.05) is 19.6 Å². The molecule has 2 N–H and O–H groups in total. The lowest BCUT2D eigenvalue weighted by atomic mass is 9.89. The molecule has 1 aliphatic rings. The molecule has 3 amide bonds. The van der Waals surface area contributed by atoms with E-state index < -0.39 is 0 Å². The van der Waals surface area contributed by atoms with Gasteiger partial charge in [0.25, 0.3) is 5.91 Å². The number of urea groups is 1. The second-order valence-electron chi connectivity index (χ2n) is 7.02. The normalized spacial score (nSPS) is 16.5. The lowest BCUT2D eigenvalue weighted by molar-refractivity contribution is 0.0950. The van der Waals surface area contributed by atoms with Crippen molar-refractivity contribution in [2.45, 2.75) is 32.2 Å². The predicted octanol–water partition coefficient (Wildman–Crippen LogP) is 3.66. The molecule has 1 saturated heterocycles. The maximum atomic E-state index is 13.7. The number of hydrogen-bond donors (Lipinski definition) is 2. The Bertz CT molecular complexity index is 840. The van der Waals surface area contributed by atoms with E-state index >= 15 is 0 Å². The van der Waals surface area contributed by atoms with Gasteiger partial charge in [-0.05, 0) is 43.5 Å². The topological polar surface area (TPSA) is 61.4 Å². The zero-order valence-corrected chi connectivity index (χ0v) is 16.1. The number of nitrogens with zero attached hydrogens (tertiary/aromatic N) is 1. The van der Waals surface area contributed by atoms with E-state index in [2.05, 4.69) is 10.6 Å². The van der Waals surface area contributed by atoms with Crippen LogP contribution in [0.5, 0.6) is 0 Å². The highest BCUT2D eigenvalue weighted by Gasteiger charge is 2.24. The van der Waals surface area contributed by atoms with Gasteiger partial charge < -0.3 is 15.5 Å². The Morgan fingerprint density at radius 2 is 1.96 bits per heavy atom. The summed E-state index contributed by atoms with van der Waals surface area (Å²) in [6.07, 6.45) is 1.92. The van der Waals surface area contributed by atoms with Crippen molar-refractivity contribution in [3.8, 4) is 0 Å². The number of nitrogens with one attached hydrogen (secondary N) is 2. The summed E-state index contributed by atoms with van der Waals surface area (Å²) in [5, 5.41) is 5.62. The average Bonchev–Trinajstić information content (AvgIpc) is 2.73. The van der Waals surface area contributed by atoms with Crippen LogP contribution in [0.2, 0.25) is 0 Å². The molecular formula is C22H26FN3O2. The van der Waals surface area contributed by atoms with Crippen LogP contribution in [0.4, 0.5) is 9.18 Å². The molecule has 2 aromatic carbocycles. The molecule has 0 radical (unpaired) electrons. The van der Waals surface area contributed by atoms with Crippen LogP contribution in [0.3, 0.4) is 0 Å². The van der Waals surface area contributed by atoms with E-state index in [1.807, 2.05) is 30.0 Å². The van der Waals surface area contributed by atoms with Crippen molar-refractivity contribution in [3.63, 3.8) is 0 Å². The van der Waals surface area contributed by atoms with E-state index in [1.54, 1.807) is 24.3 Å². The van der Waals surface area contributed by atoms with Crippen molar-refractivity contribution in [3.05, 3.63) is 71.0 Å². The maximum Gasteiger partial charge on any atom is 0.317 e. The highest BCUT2D eigenvalue weighted by Crippen LogP contribution is 2.27. The summed E-state index contributed by atoms with van der Waals surface area (Å²) in [4.78, 5) is 26.5. The van der Waals surface area contributed by atoms with E-state index in [9.17, 15) is 14.0 Å². The molecule has 3 rings (SSSR count). The highest BCUT2D eigenvalue weighted by molar-refractivity contribution is 5.94. The Morgan fingerprint density at radius 1 is 1.14 bits per heavy atom. The lowest BCUT2D eigenvalue weighted by Crippen LogP contribution is -2.44. The van der Waals surface area contributed by atoms with E-state index in [1.165, 1.54) is 6.07 Å². The first-order valence-electron chi connectivity index (χ1n) is 9.72. The van der Waals surface area contributed by atoms with Crippen molar-refractivity contribution in [2.24, 2.45) is 0 Å². The van der Waals surface area contributed by atoms with E-state index in [0.717, 1.165) is 24.9 Å². The summed E-state index contributed by atoms with van der Waals surface area (Å²) in [6, 6.07) is 13.9. The molecule has 5 nitrogen and oxygen atoms in total. The van der Waals surface area contributed by atoms with Gasteiger partial charge in [0, 0.05) is 43.2 Å². The van der Waals surface area contributed by atoms with Gasteiger partial charge in [0.15, 0.2) is 0 Å². The number of benzene rings is 2. The maximum absolute atomic E-state index is 13.7. The summed E-state index contributed by atoms with van der Waals surface area (Å²) in [7, 11) is 0. The van der Waals surface area contributed by atoms with Gasteiger partial charge in [0.05, 0.1) is 0 Å². The van der Waals surface area contributed by atoms with Gasteiger partial charge >= 0.3 is 6.03 Å². The summed E-state index contributed by atoms with van der Waals surface area (Å²) in [5.74, 6) is -0.360. The lowest BCUT2D eigenvalue weighted by Gasteiger charge is -2.33. The number of amides is 3. The van der Waals surface area contributed by atoms with Crippen LogP contribution in [0, 0.1) is 5.82 Å². The van der Waals surface area contributed by atoms with Crippen LogP contribution in [0.25, 0.3) is 0 Å². The second kappa shape index (κ2) is 9.35. The van der Waals surface area contributed by atoms with E-state index in [4.69, 9.17) is 0 Å². The van der Waals surface area contributed by atoms with E-state index in [-0.39, 0.29) is 30.2 Å². The second-order valence-corrected chi connectivity index (χ2v) is 7.02. The zero-order valence-electron chi connectivity index (χ0n) is 16.1. The minimum Gasteiger partial charge on any atom is -0.348 e. The average molecular weight is 383 g/mol. The van der Waals surface area contributed by atoms with Crippen LogP contribution < -0.4 is 10.6 Å². The Balaban J connectivity index is 1.65. The third-order valence-electron chi connectivity index (χ3n) is 5.05. The largest absolute Gasteiger partial charge is 0.348 e. The Labute approximate surface area is 164 Å². The SMILES string of the molecule is CCNC(=O)N1CCCC(c2cccc(C(=O)NCc3ccccc3F)c2)C1. The van der Waals surface area contributed by atoms with Gasteiger partial charge in [-0.25, -0.2) is 9.18 Å². The van der Waals surface area contributed by atoms with Crippen LogP contribution >= 0.6 is 0 Å². The minimum atomic E-state index is -0.329.